The van der Waals surface area contributed by atoms with E-state index in [9.17, 15) is 4.79 Å². The predicted molar refractivity (Wildman–Crippen MR) is 89.1 cm³/mol. The van der Waals surface area contributed by atoms with Crippen LogP contribution in [-0.2, 0) is 0 Å². The Kier molecular flexibility index (Phi) is 5.15. The van der Waals surface area contributed by atoms with Gasteiger partial charge in [-0.3, -0.25) is 4.79 Å². The van der Waals surface area contributed by atoms with Crippen LogP contribution in [0.5, 0.6) is 0 Å². The SMILES string of the molecule is CC1CCCC(Nc2ccc(Cl)c(C(=O)N(C)C)c2)C1C. The zero-order valence-electron chi connectivity index (χ0n) is 13.3. The van der Waals surface area contributed by atoms with Crippen molar-refractivity contribution in [2.75, 3.05) is 19.4 Å². The van der Waals surface area contributed by atoms with Crippen molar-refractivity contribution < 1.29 is 4.79 Å². The van der Waals surface area contributed by atoms with Crippen LogP contribution in [0.2, 0.25) is 5.02 Å². The number of hydrogen-bond acceptors (Lipinski definition) is 2. The van der Waals surface area contributed by atoms with Crippen molar-refractivity contribution in [2.45, 2.75) is 39.2 Å². The minimum atomic E-state index is -0.0614. The molecule has 0 heterocycles. The van der Waals surface area contributed by atoms with Gasteiger partial charge < -0.3 is 10.2 Å². The second kappa shape index (κ2) is 6.69. The monoisotopic (exact) mass is 308 g/mol. The Hall–Kier alpha value is -1.22. The fourth-order valence-corrected chi connectivity index (χ4v) is 3.22. The summed E-state index contributed by atoms with van der Waals surface area (Å²) >= 11 is 6.15. The molecule has 116 valence electrons. The molecule has 1 aliphatic carbocycles. The standard InChI is InChI=1S/C17H25ClN2O/c1-11-6-5-7-16(12(11)2)19-13-8-9-15(18)14(10-13)17(21)20(3)4/h8-12,16,19H,5-7H2,1-4H3. The van der Waals surface area contributed by atoms with Crippen LogP contribution in [0.3, 0.4) is 0 Å². The number of benzene rings is 1. The molecule has 2 rings (SSSR count). The van der Waals surface area contributed by atoms with E-state index in [0.717, 1.165) is 11.6 Å². The molecule has 1 amide bonds. The first kappa shape index (κ1) is 16.2. The third-order valence-electron chi connectivity index (χ3n) is 4.66. The summed E-state index contributed by atoms with van der Waals surface area (Å²) in [7, 11) is 3.48. The summed E-state index contributed by atoms with van der Waals surface area (Å²) in [6.07, 6.45) is 3.76. The molecule has 3 atom stereocenters. The van der Waals surface area contributed by atoms with Gasteiger partial charge in [-0.25, -0.2) is 0 Å². The molecule has 1 saturated carbocycles. The maximum Gasteiger partial charge on any atom is 0.254 e. The van der Waals surface area contributed by atoms with Crippen LogP contribution in [0.1, 0.15) is 43.5 Å². The van der Waals surface area contributed by atoms with Gasteiger partial charge in [-0.15, -0.1) is 0 Å². The summed E-state index contributed by atoms with van der Waals surface area (Å²) < 4.78 is 0. The van der Waals surface area contributed by atoms with Gasteiger partial charge in [0.2, 0.25) is 0 Å². The molecule has 1 aliphatic rings. The molecule has 3 nitrogen and oxygen atoms in total. The van der Waals surface area contributed by atoms with Crippen LogP contribution in [-0.4, -0.2) is 30.9 Å². The number of anilines is 1. The second-order valence-corrected chi connectivity index (χ2v) is 6.82. The molecule has 0 aromatic heterocycles. The zero-order valence-corrected chi connectivity index (χ0v) is 14.1. The maximum absolute atomic E-state index is 12.1. The van der Waals surface area contributed by atoms with Gasteiger partial charge in [0.1, 0.15) is 0 Å². The highest BCUT2D eigenvalue weighted by Gasteiger charge is 2.27. The van der Waals surface area contributed by atoms with Gasteiger partial charge in [0.15, 0.2) is 0 Å². The fraction of sp³-hybridized carbons (Fsp3) is 0.588. The summed E-state index contributed by atoms with van der Waals surface area (Å²) in [5.74, 6) is 1.32. The molecule has 0 radical (unpaired) electrons. The van der Waals surface area contributed by atoms with E-state index in [-0.39, 0.29) is 5.91 Å². The number of rotatable bonds is 3. The molecule has 0 saturated heterocycles. The smallest absolute Gasteiger partial charge is 0.254 e. The summed E-state index contributed by atoms with van der Waals surface area (Å²) in [4.78, 5) is 13.7. The van der Waals surface area contributed by atoms with E-state index in [4.69, 9.17) is 11.6 Å². The number of amides is 1. The van der Waals surface area contributed by atoms with E-state index in [0.29, 0.717) is 22.5 Å². The minimum Gasteiger partial charge on any atom is -0.382 e. The Morgan fingerprint density at radius 2 is 2.00 bits per heavy atom. The Balaban J connectivity index is 2.17. The normalized spacial score (nSPS) is 25.5. The summed E-state index contributed by atoms with van der Waals surface area (Å²) in [5, 5.41) is 4.10. The molecule has 0 spiro atoms. The second-order valence-electron chi connectivity index (χ2n) is 6.41. The minimum absolute atomic E-state index is 0.0614. The van der Waals surface area contributed by atoms with Gasteiger partial charge >= 0.3 is 0 Å². The first-order valence-corrected chi connectivity index (χ1v) is 8.05. The number of hydrogen-bond donors (Lipinski definition) is 1. The molecule has 1 N–H and O–H groups in total. The highest BCUT2D eigenvalue weighted by molar-refractivity contribution is 6.34. The lowest BCUT2D eigenvalue weighted by atomic mass is 9.78. The maximum atomic E-state index is 12.1. The van der Waals surface area contributed by atoms with E-state index < -0.39 is 0 Å². The third-order valence-corrected chi connectivity index (χ3v) is 4.99. The van der Waals surface area contributed by atoms with Gasteiger partial charge in [-0.2, -0.15) is 0 Å². The fourth-order valence-electron chi connectivity index (χ4n) is 3.02. The highest BCUT2D eigenvalue weighted by atomic mass is 35.5. The summed E-state index contributed by atoms with van der Waals surface area (Å²) in [6.45, 7) is 4.63. The van der Waals surface area contributed by atoms with Crippen LogP contribution in [0.25, 0.3) is 0 Å². The number of nitrogens with one attached hydrogen (secondary N) is 1. The van der Waals surface area contributed by atoms with E-state index >= 15 is 0 Å². The third kappa shape index (κ3) is 3.70. The number of halogens is 1. The van der Waals surface area contributed by atoms with Crippen molar-refractivity contribution in [3.05, 3.63) is 28.8 Å². The lowest BCUT2D eigenvalue weighted by molar-refractivity contribution is 0.0828. The van der Waals surface area contributed by atoms with Gasteiger partial charge in [0, 0.05) is 25.8 Å². The van der Waals surface area contributed by atoms with Gasteiger partial charge in [0.25, 0.3) is 5.91 Å². The molecule has 1 fully saturated rings. The summed E-state index contributed by atoms with van der Waals surface area (Å²) in [5.41, 5.74) is 1.54. The van der Waals surface area contributed by atoms with Crippen molar-refractivity contribution in [2.24, 2.45) is 11.8 Å². The van der Waals surface area contributed by atoms with E-state index in [2.05, 4.69) is 19.2 Å². The number of carbonyl (C=O) groups excluding carboxylic acids is 1. The van der Waals surface area contributed by atoms with Crippen molar-refractivity contribution in [1.82, 2.24) is 4.90 Å². The van der Waals surface area contributed by atoms with Gasteiger partial charge in [-0.05, 0) is 36.5 Å². The molecular weight excluding hydrogens is 284 g/mol. The zero-order chi connectivity index (χ0) is 15.6. The van der Waals surface area contributed by atoms with Crippen molar-refractivity contribution in [3.63, 3.8) is 0 Å². The molecule has 3 unspecified atom stereocenters. The average Bonchev–Trinajstić information content (AvgIpc) is 2.45. The van der Waals surface area contributed by atoms with Crippen LogP contribution >= 0.6 is 11.6 Å². The van der Waals surface area contributed by atoms with Gasteiger partial charge in [-0.1, -0.05) is 38.3 Å². The number of carbonyl (C=O) groups is 1. The van der Waals surface area contributed by atoms with Gasteiger partial charge in [0.05, 0.1) is 10.6 Å². The van der Waals surface area contributed by atoms with E-state index in [1.165, 1.54) is 19.3 Å². The first-order chi connectivity index (χ1) is 9.90. The lowest BCUT2D eigenvalue weighted by Gasteiger charge is -2.35. The van der Waals surface area contributed by atoms with Crippen LogP contribution in [0.4, 0.5) is 5.69 Å². The Labute approximate surface area is 132 Å². The Morgan fingerprint density at radius 3 is 2.67 bits per heavy atom. The van der Waals surface area contributed by atoms with E-state index in [1.54, 1.807) is 25.1 Å². The van der Waals surface area contributed by atoms with Crippen LogP contribution in [0.15, 0.2) is 18.2 Å². The van der Waals surface area contributed by atoms with E-state index in [1.807, 2.05) is 12.1 Å². The molecule has 1 aromatic carbocycles. The van der Waals surface area contributed by atoms with Crippen LogP contribution < -0.4 is 5.32 Å². The highest BCUT2D eigenvalue weighted by Crippen LogP contribution is 2.32. The van der Waals surface area contributed by atoms with Crippen molar-refractivity contribution in [3.8, 4) is 0 Å². The average molecular weight is 309 g/mol. The molecule has 0 bridgehead atoms. The Morgan fingerprint density at radius 1 is 1.29 bits per heavy atom. The summed E-state index contributed by atoms with van der Waals surface area (Å²) in [6, 6.07) is 6.10. The quantitative estimate of drug-likeness (QED) is 0.904. The predicted octanol–water partition coefficient (Wildman–Crippen LogP) is 4.28. The lowest BCUT2D eigenvalue weighted by Crippen LogP contribution is -2.35. The molecule has 21 heavy (non-hydrogen) atoms. The first-order valence-electron chi connectivity index (χ1n) is 7.68. The molecule has 1 aromatic rings. The topological polar surface area (TPSA) is 32.3 Å². The van der Waals surface area contributed by atoms with Crippen molar-refractivity contribution in [1.29, 1.82) is 0 Å². The van der Waals surface area contributed by atoms with Crippen LogP contribution in [0, 0.1) is 11.8 Å². The molecular formula is C17H25ClN2O. The van der Waals surface area contributed by atoms with Crippen molar-refractivity contribution >= 4 is 23.2 Å². The molecule has 0 aliphatic heterocycles. The largest absolute Gasteiger partial charge is 0.382 e. The Bertz CT molecular complexity index is 516. The number of nitrogens with zero attached hydrogens (tertiary/aromatic N) is 1. The molecule has 4 heteroatoms.